The zero-order valence-corrected chi connectivity index (χ0v) is 11.0. The van der Waals surface area contributed by atoms with Gasteiger partial charge in [-0.1, -0.05) is 0 Å². The maximum atomic E-state index is 5.62. The molecule has 0 aliphatic carbocycles. The summed E-state index contributed by atoms with van der Waals surface area (Å²) in [6.07, 6.45) is 4.10. The first-order valence-electron chi connectivity index (χ1n) is 6.82. The summed E-state index contributed by atoms with van der Waals surface area (Å²) < 4.78 is 16.5. The van der Waals surface area contributed by atoms with E-state index in [9.17, 15) is 0 Å². The molecule has 0 radical (unpaired) electrons. The van der Waals surface area contributed by atoms with E-state index >= 15 is 0 Å². The Morgan fingerprint density at radius 2 is 2.21 bits per heavy atom. The fourth-order valence-corrected chi connectivity index (χ4v) is 2.31. The lowest BCUT2D eigenvalue weighted by molar-refractivity contribution is 0.0645. The number of aromatic nitrogens is 2. The quantitative estimate of drug-likeness (QED) is 0.805. The van der Waals surface area contributed by atoms with Crippen LogP contribution in [-0.4, -0.2) is 55.6 Å². The molecule has 6 nitrogen and oxygen atoms in total. The van der Waals surface area contributed by atoms with Crippen LogP contribution in [0, 0.1) is 0 Å². The van der Waals surface area contributed by atoms with Crippen LogP contribution in [0.1, 0.15) is 12.8 Å². The number of hydrogen-bond donors (Lipinski definition) is 0. The Morgan fingerprint density at radius 3 is 3.00 bits per heavy atom. The fraction of sp³-hybridized carbons (Fsp3) is 0.692. The molecule has 3 rings (SSSR count). The second kappa shape index (κ2) is 6.16. The molecule has 19 heavy (non-hydrogen) atoms. The highest BCUT2D eigenvalue weighted by Gasteiger charge is 2.17. The molecule has 1 aromatic heterocycles. The summed E-state index contributed by atoms with van der Waals surface area (Å²) in [5.74, 6) is 0.903. The highest BCUT2D eigenvalue weighted by Crippen LogP contribution is 2.16. The minimum atomic E-state index is 0.190. The second-order valence-electron chi connectivity index (χ2n) is 4.74. The Kier molecular flexibility index (Phi) is 4.10. The van der Waals surface area contributed by atoms with Crippen molar-refractivity contribution in [3.63, 3.8) is 0 Å². The average Bonchev–Trinajstić information content (AvgIpc) is 3.00. The van der Waals surface area contributed by atoms with Crippen molar-refractivity contribution in [2.75, 3.05) is 44.4 Å². The van der Waals surface area contributed by atoms with E-state index in [-0.39, 0.29) is 6.10 Å². The molecule has 0 spiro atoms. The van der Waals surface area contributed by atoms with Gasteiger partial charge in [0, 0.05) is 25.9 Å². The molecule has 3 heterocycles. The number of ether oxygens (including phenoxy) is 3. The molecule has 1 aromatic rings. The highest BCUT2D eigenvalue weighted by atomic mass is 16.5. The minimum Gasteiger partial charge on any atom is -0.461 e. The van der Waals surface area contributed by atoms with Crippen molar-refractivity contribution in [2.45, 2.75) is 18.9 Å². The van der Waals surface area contributed by atoms with Gasteiger partial charge in [0.25, 0.3) is 0 Å². The summed E-state index contributed by atoms with van der Waals surface area (Å²) in [5.41, 5.74) is 0. The zero-order chi connectivity index (χ0) is 12.9. The molecule has 2 aliphatic rings. The van der Waals surface area contributed by atoms with Crippen LogP contribution in [0.4, 0.5) is 5.82 Å². The van der Waals surface area contributed by atoms with Gasteiger partial charge in [-0.05, 0) is 18.9 Å². The minimum absolute atomic E-state index is 0.190. The molecule has 0 bridgehead atoms. The first-order chi connectivity index (χ1) is 9.42. The van der Waals surface area contributed by atoms with E-state index in [0.717, 1.165) is 51.6 Å². The van der Waals surface area contributed by atoms with E-state index in [1.165, 1.54) is 0 Å². The average molecular weight is 265 g/mol. The maximum Gasteiger partial charge on any atom is 0.318 e. The van der Waals surface area contributed by atoms with Crippen molar-refractivity contribution >= 4 is 5.82 Å². The fourth-order valence-electron chi connectivity index (χ4n) is 2.31. The van der Waals surface area contributed by atoms with Gasteiger partial charge in [-0.3, -0.25) is 0 Å². The van der Waals surface area contributed by atoms with Gasteiger partial charge in [-0.15, -0.1) is 0 Å². The standard InChI is InChI=1S/C13H19N3O3/c1-2-11(18-7-1)10-19-13-14-4-3-12(15-13)16-5-8-17-9-6-16/h3-4,11H,1-2,5-10H2. The van der Waals surface area contributed by atoms with E-state index < -0.39 is 0 Å². The van der Waals surface area contributed by atoms with Gasteiger partial charge >= 0.3 is 6.01 Å². The lowest BCUT2D eigenvalue weighted by atomic mass is 10.2. The topological polar surface area (TPSA) is 56.7 Å². The number of nitrogens with zero attached hydrogens (tertiary/aromatic N) is 3. The molecule has 2 saturated heterocycles. The number of rotatable bonds is 4. The van der Waals surface area contributed by atoms with Crippen LogP contribution >= 0.6 is 0 Å². The van der Waals surface area contributed by atoms with E-state index in [1.54, 1.807) is 6.20 Å². The lowest BCUT2D eigenvalue weighted by Crippen LogP contribution is -2.36. The Bertz CT molecular complexity index is 404. The molecule has 2 aliphatic heterocycles. The second-order valence-corrected chi connectivity index (χ2v) is 4.74. The highest BCUT2D eigenvalue weighted by molar-refractivity contribution is 5.38. The van der Waals surface area contributed by atoms with Crippen LogP contribution in [0.5, 0.6) is 6.01 Å². The van der Waals surface area contributed by atoms with Gasteiger partial charge < -0.3 is 19.1 Å². The van der Waals surface area contributed by atoms with Crippen molar-refractivity contribution in [2.24, 2.45) is 0 Å². The molecule has 6 heteroatoms. The summed E-state index contributed by atoms with van der Waals surface area (Å²) in [4.78, 5) is 10.8. The van der Waals surface area contributed by atoms with Gasteiger partial charge in [0.15, 0.2) is 0 Å². The number of anilines is 1. The van der Waals surface area contributed by atoms with Crippen LogP contribution in [0.3, 0.4) is 0 Å². The third-order valence-corrected chi connectivity index (χ3v) is 3.38. The molecule has 0 N–H and O–H groups in total. The molecular formula is C13H19N3O3. The summed E-state index contributed by atoms with van der Waals surface area (Å²) in [6.45, 7) is 4.59. The Labute approximate surface area is 112 Å². The molecule has 1 unspecified atom stereocenters. The van der Waals surface area contributed by atoms with Crippen LogP contribution in [0.25, 0.3) is 0 Å². The molecule has 2 fully saturated rings. The Hall–Kier alpha value is -1.40. The molecule has 0 aromatic carbocycles. The summed E-state index contributed by atoms with van der Waals surface area (Å²) >= 11 is 0. The first-order valence-corrected chi connectivity index (χ1v) is 6.82. The van der Waals surface area contributed by atoms with Crippen molar-refractivity contribution in [1.82, 2.24) is 9.97 Å². The normalized spacial score (nSPS) is 23.6. The SMILES string of the molecule is c1cc(N2CCOCC2)nc(OCC2CCCO2)n1. The van der Waals surface area contributed by atoms with Crippen molar-refractivity contribution in [1.29, 1.82) is 0 Å². The molecule has 1 atom stereocenters. The van der Waals surface area contributed by atoms with Gasteiger partial charge in [-0.25, -0.2) is 4.98 Å². The number of morpholine rings is 1. The third kappa shape index (κ3) is 3.33. The van der Waals surface area contributed by atoms with Crippen molar-refractivity contribution in [3.05, 3.63) is 12.3 Å². The Morgan fingerprint density at radius 1 is 1.32 bits per heavy atom. The predicted octanol–water partition coefficient (Wildman–Crippen LogP) is 0.871. The Balaban J connectivity index is 1.58. The summed E-state index contributed by atoms with van der Waals surface area (Å²) in [5, 5.41) is 0. The third-order valence-electron chi connectivity index (χ3n) is 3.38. The van der Waals surface area contributed by atoms with E-state index in [4.69, 9.17) is 14.2 Å². The molecule has 104 valence electrons. The smallest absolute Gasteiger partial charge is 0.318 e. The van der Waals surface area contributed by atoms with Gasteiger partial charge in [0.2, 0.25) is 0 Å². The molecule has 0 saturated carbocycles. The van der Waals surface area contributed by atoms with Crippen LogP contribution in [0.15, 0.2) is 12.3 Å². The first kappa shape index (κ1) is 12.6. The van der Waals surface area contributed by atoms with Crippen LogP contribution in [-0.2, 0) is 9.47 Å². The monoisotopic (exact) mass is 265 g/mol. The lowest BCUT2D eigenvalue weighted by Gasteiger charge is -2.27. The van der Waals surface area contributed by atoms with E-state index in [1.807, 2.05) is 6.07 Å². The van der Waals surface area contributed by atoms with Gasteiger partial charge in [-0.2, -0.15) is 4.98 Å². The zero-order valence-electron chi connectivity index (χ0n) is 11.0. The molecular weight excluding hydrogens is 246 g/mol. The van der Waals surface area contributed by atoms with E-state index in [2.05, 4.69) is 14.9 Å². The van der Waals surface area contributed by atoms with Crippen molar-refractivity contribution in [3.8, 4) is 6.01 Å². The van der Waals surface area contributed by atoms with Crippen LogP contribution in [0.2, 0.25) is 0 Å². The summed E-state index contributed by atoms with van der Waals surface area (Å²) in [7, 11) is 0. The van der Waals surface area contributed by atoms with Crippen molar-refractivity contribution < 1.29 is 14.2 Å². The predicted molar refractivity (Wildman–Crippen MR) is 69.5 cm³/mol. The largest absolute Gasteiger partial charge is 0.461 e. The van der Waals surface area contributed by atoms with Gasteiger partial charge in [0.1, 0.15) is 12.4 Å². The summed E-state index contributed by atoms with van der Waals surface area (Å²) in [6, 6.07) is 2.34. The molecule has 0 amide bonds. The van der Waals surface area contributed by atoms with E-state index in [0.29, 0.717) is 12.6 Å². The van der Waals surface area contributed by atoms with Crippen LogP contribution < -0.4 is 9.64 Å². The van der Waals surface area contributed by atoms with Gasteiger partial charge in [0.05, 0.1) is 19.3 Å². The maximum absolute atomic E-state index is 5.62. The number of hydrogen-bond acceptors (Lipinski definition) is 6.